The molecular formula is C21H20N2O3. The topological polar surface area (TPSA) is 59.5 Å². The van der Waals surface area contributed by atoms with Crippen molar-refractivity contribution in [1.82, 2.24) is 9.88 Å². The molecule has 1 saturated heterocycles. The quantitative estimate of drug-likeness (QED) is 0.618. The summed E-state index contributed by atoms with van der Waals surface area (Å²) >= 11 is 0. The van der Waals surface area contributed by atoms with Crippen molar-refractivity contribution in [1.29, 1.82) is 0 Å². The first-order valence-electron chi connectivity index (χ1n) is 8.42. The minimum Gasteiger partial charge on any atom is -0.464 e. The number of pyridine rings is 1. The standard InChI is InChI=1S/C21H20N2O3/c1-14-11-18(22-19(12-14)21(25)26-3)17-6-4-5-15(13-17)7-8-16-9-10-23(2)20(16)24/h4-6,11-13,16H,9-10H2,1-3H3/t16-/m1/s1. The van der Waals surface area contributed by atoms with Gasteiger partial charge < -0.3 is 9.64 Å². The summed E-state index contributed by atoms with van der Waals surface area (Å²) in [5.74, 6) is 5.55. The summed E-state index contributed by atoms with van der Waals surface area (Å²) in [6, 6.07) is 11.2. The Morgan fingerprint density at radius 2 is 2.12 bits per heavy atom. The number of benzene rings is 1. The number of carbonyl (C=O) groups excluding carboxylic acids is 2. The maximum Gasteiger partial charge on any atom is 0.356 e. The summed E-state index contributed by atoms with van der Waals surface area (Å²) in [7, 11) is 3.14. The van der Waals surface area contributed by atoms with Crippen molar-refractivity contribution in [3.63, 3.8) is 0 Å². The van der Waals surface area contributed by atoms with E-state index in [1.807, 2.05) is 37.3 Å². The van der Waals surface area contributed by atoms with E-state index in [-0.39, 0.29) is 17.5 Å². The fraction of sp³-hybridized carbons (Fsp3) is 0.286. The molecule has 0 saturated carbocycles. The van der Waals surface area contributed by atoms with Gasteiger partial charge in [-0.25, -0.2) is 9.78 Å². The van der Waals surface area contributed by atoms with Crippen LogP contribution in [0.1, 0.15) is 28.0 Å². The highest BCUT2D eigenvalue weighted by Crippen LogP contribution is 2.21. The second kappa shape index (κ2) is 7.40. The number of methoxy groups -OCH3 is 1. The van der Waals surface area contributed by atoms with Gasteiger partial charge in [-0.05, 0) is 43.2 Å². The van der Waals surface area contributed by atoms with Gasteiger partial charge in [-0.15, -0.1) is 0 Å². The lowest BCUT2D eigenvalue weighted by Gasteiger charge is -2.06. The Labute approximate surface area is 153 Å². The third kappa shape index (κ3) is 3.75. The van der Waals surface area contributed by atoms with Crippen LogP contribution >= 0.6 is 0 Å². The first kappa shape index (κ1) is 17.7. The summed E-state index contributed by atoms with van der Waals surface area (Å²) in [5, 5.41) is 0. The zero-order valence-corrected chi connectivity index (χ0v) is 15.1. The van der Waals surface area contributed by atoms with Crippen molar-refractivity contribution in [2.24, 2.45) is 5.92 Å². The lowest BCUT2D eigenvalue weighted by atomic mass is 10.0. The summed E-state index contributed by atoms with van der Waals surface area (Å²) < 4.78 is 4.76. The number of nitrogens with zero attached hydrogens (tertiary/aromatic N) is 2. The zero-order valence-electron chi connectivity index (χ0n) is 15.1. The molecule has 3 rings (SSSR count). The Kier molecular flexibility index (Phi) is 5.04. The Hall–Kier alpha value is -3.13. The van der Waals surface area contributed by atoms with Gasteiger partial charge in [0.2, 0.25) is 5.91 Å². The molecule has 0 N–H and O–H groups in total. The van der Waals surface area contributed by atoms with E-state index in [0.29, 0.717) is 5.69 Å². The largest absolute Gasteiger partial charge is 0.464 e. The SMILES string of the molecule is COC(=O)c1cc(C)cc(-c2cccc(C#C[C@@H]3CCN(C)C3=O)c2)n1. The molecule has 1 fully saturated rings. The number of carbonyl (C=O) groups is 2. The Morgan fingerprint density at radius 1 is 1.31 bits per heavy atom. The minimum absolute atomic E-state index is 0.0803. The van der Waals surface area contributed by atoms with Crippen molar-refractivity contribution >= 4 is 11.9 Å². The number of aromatic nitrogens is 1. The molecular weight excluding hydrogens is 328 g/mol. The second-order valence-electron chi connectivity index (χ2n) is 6.36. The van der Waals surface area contributed by atoms with E-state index in [2.05, 4.69) is 16.8 Å². The molecule has 1 amide bonds. The van der Waals surface area contributed by atoms with Gasteiger partial charge in [-0.1, -0.05) is 24.0 Å². The normalized spacial score (nSPS) is 16.2. The Morgan fingerprint density at radius 3 is 2.81 bits per heavy atom. The maximum atomic E-state index is 12.0. The smallest absolute Gasteiger partial charge is 0.356 e. The highest BCUT2D eigenvalue weighted by atomic mass is 16.5. The zero-order chi connectivity index (χ0) is 18.7. The summed E-state index contributed by atoms with van der Waals surface area (Å²) in [6.07, 6.45) is 0.768. The number of rotatable bonds is 2. The van der Waals surface area contributed by atoms with E-state index in [1.165, 1.54) is 7.11 Å². The molecule has 1 aliphatic rings. The van der Waals surface area contributed by atoms with Crippen molar-refractivity contribution in [2.45, 2.75) is 13.3 Å². The Bertz CT molecular complexity index is 924. The fourth-order valence-electron chi connectivity index (χ4n) is 2.91. The molecule has 1 aromatic heterocycles. The van der Waals surface area contributed by atoms with Crippen LogP contribution in [0.4, 0.5) is 0 Å². The van der Waals surface area contributed by atoms with Gasteiger partial charge in [0.1, 0.15) is 11.6 Å². The average molecular weight is 348 g/mol. The maximum absolute atomic E-state index is 12.0. The molecule has 132 valence electrons. The van der Waals surface area contributed by atoms with Crippen LogP contribution in [0.25, 0.3) is 11.3 Å². The molecule has 0 radical (unpaired) electrons. The van der Waals surface area contributed by atoms with Crippen LogP contribution in [0.5, 0.6) is 0 Å². The summed E-state index contributed by atoms with van der Waals surface area (Å²) in [5.41, 5.74) is 3.56. The van der Waals surface area contributed by atoms with Crippen molar-refractivity contribution in [3.8, 4) is 23.1 Å². The van der Waals surface area contributed by atoms with Crippen LogP contribution in [-0.2, 0) is 9.53 Å². The number of likely N-dealkylation sites (tertiary alicyclic amines) is 1. The van der Waals surface area contributed by atoms with Gasteiger partial charge in [0.05, 0.1) is 12.8 Å². The molecule has 0 bridgehead atoms. The molecule has 5 nitrogen and oxygen atoms in total. The Balaban J connectivity index is 1.90. The van der Waals surface area contributed by atoms with Crippen LogP contribution in [0.3, 0.4) is 0 Å². The van der Waals surface area contributed by atoms with E-state index in [4.69, 9.17) is 4.74 Å². The van der Waals surface area contributed by atoms with Crippen LogP contribution < -0.4 is 0 Å². The average Bonchev–Trinajstić information content (AvgIpc) is 2.97. The first-order valence-corrected chi connectivity index (χ1v) is 8.42. The monoisotopic (exact) mass is 348 g/mol. The summed E-state index contributed by atoms with van der Waals surface area (Å²) in [4.78, 5) is 29.8. The van der Waals surface area contributed by atoms with Crippen LogP contribution in [0, 0.1) is 24.7 Å². The molecule has 5 heteroatoms. The molecule has 1 atom stereocenters. The summed E-state index contributed by atoms with van der Waals surface area (Å²) in [6.45, 7) is 2.66. The number of hydrogen-bond acceptors (Lipinski definition) is 4. The van der Waals surface area contributed by atoms with Gasteiger partial charge in [0.15, 0.2) is 0 Å². The van der Waals surface area contributed by atoms with Gasteiger partial charge in [0, 0.05) is 24.7 Å². The predicted octanol–water partition coefficient (Wildman–Crippen LogP) is 2.67. The van der Waals surface area contributed by atoms with Gasteiger partial charge in [-0.3, -0.25) is 4.79 Å². The highest BCUT2D eigenvalue weighted by Gasteiger charge is 2.27. The predicted molar refractivity (Wildman–Crippen MR) is 98.4 cm³/mol. The van der Waals surface area contributed by atoms with E-state index >= 15 is 0 Å². The lowest BCUT2D eigenvalue weighted by molar-refractivity contribution is -0.128. The van der Waals surface area contributed by atoms with E-state index in [1.54, 1.807) is 18.0 Å². The van der Waals surface area contributed by atoms with Gasteiger partial charge >= 0.3 is 5.97 Å². The highest BCUT2D eigenvalue weighted by molar-refractivity contribution is 5.88. The van der Waals surface area contributed by atoms with E-state index in [9.17, 15) is 9.59 Å². The third-order valence-corrected chi connectivity index (χ3v) is 4.34. The number of hydrogen-bond donors (Lipinski definition) is 0. The molecule has 0 unspecified atom stereocenters. The van der Waals surface area contributed by atoms with Crippen molar-refractivity contribution in [3.05, 3.63) is 53.2 Å². The number of esters is 1. The fourth-order valence-corrected chi connectivity index (χ4v) is 2.91. The molecule has 2 heterocycles. The van der Waals surface area contributed by atoms with Crippen LogP contribution in [0.2, 0.25) is 0 Å². The molecule has 26 heavy (non-hydrogen) atoms. The van der Waals surface area contributed by atoms with Crippen molar-refractivity contribution in [2.75, 3.05) is 20.7 Å². The number of aryl methyl sites for hydroxylation is 1. The lowest BCUT2D eigenvalue weighted by Crippen LogP contribution is -2.21. The third-order valence-electron chi connectivity index (χ3n) is 4.34. The van der Waals surface area contributed by atoms with Crippen molar-refractivity contribution < 1.29 is 14.3 Å². The molecule has 1 aliphatic heterocycles. The van der Waals surface area contributed by atoms with Gasteiger partial charge in [-0.2, -0.15) is 0 Å². The van der Waals surface area contributed by atoms with E-state index in [0.717, 1.165) is 29.7 Å². The molecule has 0 spiro atoms. The first-order chi connectivity index (χ1) is 12.5. The van der Waals surface area contributed by atoms with Crippen LogP contribution in [-0.4, -0.2) is 42.5 Å². The molecule has 1 aromatic carbocycles. The van der Waals surface area contributed by atoms with E-state index < -0.39 is 5.97 Å². The minimum atomic E-state index is -0.463. The molecule has 0 aliphatic carbocycles. The number of ether oxygens (including phenoxy) is 1. The molecule has 2 aromatic rings. The van der Waals surface area contributed by atoms with Gasteiger partial charge in [0.25, 0.3) is 0 Å². The second-order valence-corrected chi connectivity index (χ2v) is 6.36. The number of amides is 1. The van der Waals surface area contributed by atoms with Crippen LogP contribution in [0.15, 0.2) is 36.4 Å².